The van der Waals surface area contributed by atoms with Gasteiger partial charge in [-0.2, -0.15) is 0 Å². The molecule has 0 heterocycles. The Bertz CT molecular complexity index is 366. The quantitative estimate of drug-likeness (QED) is 0.752. The van der Waals surface area contributed by atoms with Gasteiger partial charge >= 0.3 is 0 Å². The van der Waals surface area contributed by atoms with E-state index in [1.807, 2.05) is 6.92 Å². The number of ketones is 1. The summed E-state index contributed by atoms with van der Waals surface area (Å²) in [4.78, 5) is 11.5. The molecule has 0 saturated carbocycles. The summed E-state index contributed by atoms with van der Waals surface area (Å²) in [5, 5.41) is 0. The Balaban J connectivity index is 2.52. The lowest BCUT2D eigenvalue weighted by molar-refractivity contribution is -0.122. The molecule has 16 heavy (non-hydrogen) atoms. The predicted octanol–water partition coefficient (Wildman–Crippen LogP) is 3.13. The van der Waals surface area contributed by atoms with Crippen LogP contribution in [-0.4, -0.2) is 19.0 Å². The summed E-state index contributed by atoms with van der Waals surface area (Å²) in [6.07, 6.45) is 1.08. The molecule has 2 nitrogen and oxygen atoms in total. The molecule has 0 aliphatic rings. The first-order chi connectivity index (χ1) is 7.63. The molecule has 1 aromatic rings. The van der Waals surface area contributed by atoms with E-state index in [0.717, 1.165) is 10.9 Å². The van der Waals surface area contributed by atoms with Gasteiger partial charge in [-0.1, -0.05) is 22.9 Å². The van der Waals surface area contributed by atoms with Crippen LogP contribution in [-0.2, 0) is 16.0 Å². The molecule has 4 heteroatoms. The summed E-state index contributed by atoms with van der Waals surface area (Å²) in [5.74, 6) is -0.375. The van der Waals surface area contributed by atoms with Crippen molar-refractivity contribution in [3.63, 3.8) is 0 Å². The number of carbonyl (C=O) groups is 1. The fourth-order valence-corrected chi connectivity index (χ4v) is 1.66. The van der Waals surface area contributed by atoms with Crippen molar-refractivity contribution in [2.24, 2.45) is 0 Å². The maximum atomic E-state index is 12.9. The summed E-state index contributed by atoms with van der Waals surface area (Å²) >= 11 is 3.28. The summed E-state index contributed by atoms with van der Waals surface area (Å²) < 4.78 is 18.8. The lowest BCUT2D eigenvalue weighted by atomic mass is 10.1. The molecule has 0 N–H and O–H groups in total. The molecule has 0 bridgehead atoms. The van der Waals surface area contributed by atoms with Crippen molar-refractivity contribution in [1.82, 2.24) is 0 Å². The number of rotatable bonds is 6. The van der Waals surface area contributed by atoms with Gasteiger partial charge in [0.2, 0.25) is 0 Å². The molecule has 0 atom stereocenters. The highest BCUT2D eigenvalue weighted by Crippen LogP contribution is 2.18. The zero-order chi connectivity index (χ0) is 12.0. The molecule has 0 aliphatic heterocycles. The van der Waals surface area contributed by atoms with Crippen molar-refractivity contribution in [3.05, 3.63) is 34.1 Å². The second kappa shape index (κ2) is 6.76. The molecular formula is C12H14BrFO2. The maximum absolute atomic E-state index is 12.9. The number of carbonyl (C=O) groups excluding carboxylic acids is 1. The minimum Gasteiger partial charge on any atom is -0.374 e. The molecule has 1 rings (SSSR count). The van der Waals surface area contributed by atoms with Crippen molar-refractivity contribution < 1.29 is 13.9 Å². The number of hydrogen-bond donors (Lipinski definition) is 0. The van der Waals surface area contributed by atoms with E-state index in [0.29, 0.717) is 12.2 Å². The Kier molecular flexibility index (Phi) is 5.63. The Hall–Kier alpha value is -0.740. The molecule has 0 radical (unpaired) electrons. The first-order valence-electron chi connectivity index (χ1n) is 5.17. The van der Waals surface area contributed by atoms with Crippen LogP contribution in [0.2, 0.25) is 0 Å². The summed E-state index contributed by atoms with van der Waals surface area (Å²) in [6.45, 7) is 2.65. The van der Waals surface area contributed by atoms with Crippen molar-refractivity contribution in [1.29, 1.82) is 0 Å². The van der Waals surface area contributed by atoms with Gasteiger partial charge in [0.15, 0.2) is 5.78 Å². The third-order valence-corrected chi connectivity index (χ3v) is 2.78. The van der Waals surface area contributed by atoms with Gasteiger partial charge in [-0.15, -0.1) is 0 Å². The third-order valence-electron chi connectivity index (χ3n) is 2.01. The Morgan fingerprint density at radius 2 is 2.25 bits per heavy atom. The van der Waals surface area contributed by atoms with Crippen LogP contribution in [0.4, 0.5) is 4.39 Å². The van der Waals surface area contributed by atoms with E-state index < -0.39 is 0 Å². The number of ether oxygens (including phenoxy) is 1. The highest BCUT2D eigenvalue weighted by Gasteiger charge is 2.08. The van der Waals surface area contributed by atoms with Gasteiger partial charge in [0.1, 0.15) is 12.4 Å². The Morgan fingerprint density at radius 1 is 1.50 bits per heavy atom. The minimum atomic E-state index is -0.333. The average molecular weight is 289 g/mol. The van der Waals surface area contributed by atoms with Crippen molar-refractivity contribution in [2.75, 3.05) is 13.2 Å². The lowest BCUT2D eigenvalue weighted by Crippen LogP contribution is -2.12. The maximum Gasteiger partial charge on any atom is 0.162 e. The SMILES string of the molecule is CCCOCC(=O)Cc1cc(F)ccc1Br. The topological polar surface area (TPSA) is 26.3 Å². The fourth-order valence-electron chi connectivity index (χ4n) is 1.27. The van der Waals surface area contributed by atoms with Crippen LogP contribution in [0.3, 0.4) is 0 Å². The van der Waals surface area contributed by atoms with Gasteiger partial charge in [-0.05, 0) is 30.2 Å². The van der Waals surface area contributed by atoms with Crippen LogP contribution in [0, 0.1) is 5.82 Å². The van der Waals surface area contributed by atoms with Crippen molar-refractivity contribution >= 4 is 21.7 Å². The van der Waals surface area contributed by atoms with Gasteiger partial charge in [0, 0.05) is 17.5 Å². The molecule has 88 valence electrons. The van der Waals surface area contributed by atoms with E-state index in [-0.39, 0.29) is 24.6 Å². The summed E-state index contributed by atoms with van der Waals surface area (Å²) in [7, 11) is 0. The number of Topliss-reactive ketones (excluding diaryl/α,β-unsaturated/α-hetero) is 1. The molecule has 1 aromatic carbocycles. The van der Waals surface area contributed by atoms with Gasteiger partial charge in [-0.25, -0.2) is 4.39 Å². The van der Waals surface area contributed by atoms with E-state index in [1.54, 1.807) is 6.07 Å². The van der Waals surface area contributed by atoms with E-state index in [2.05, 4.69) is 15.9 Å². The predicted molar refractivity (Wildman–Crippen MR) is 63.9 cm³/mol. The number of benzene rings is 1. The molecule has 0 aliphatic carbocycles. The van der Waals surface area contributed by atoms with E-state index in [9.17, 15) is 9.18 Å². The third kappa shape index (κ3) is 4.41. The van der Waals surface area contributed by atoms with Gasteiger partial charge in [0.25, 0.3) is 0 Å². The Labute approximate surface area is 103 Å². The van der Waals surface area contributed by atoms with E-state index in [1.165, 1.54) is 12.1 Å². The number of halogens is 2. The Morgan fingerprint density at radius 3 is 2.94 bits per heavy atom. The monoisotopic (exact) mass is 288 g/mol. The zero-order valence-corrected chi connectivity index (χ0v) is 10.7. The van der Waals surface area contributed by atoms with Gasteiger partial charge < -0.3 is 4.74 Å². The molecule has 0 spiro atoms. The van der Waals surface area contributed by atoms with Crippen LogP contribution in [0.5, 0.6) is 0 Å². The fraction of sp³-hybridized carbons (Fsp3) is 0.417. The largest absolute Gasteiger partial charge is 0.374 e. The van der Waals surface area contributed by atoms with Crippen LogP contribution in [0.25, 0.3) is 0 Å². The molecule has 0 unspecified atom stereocenters. The van der Waals surface area contributed by atoms with Gasteiger partial charge in [-0.3, -0.25) is 4.79 Å². The number of hydrogen-bond acceptors (Lipinski definition) is 2. The molecule has 0 fully saturated rings. The minimum absolute atomic E-state index is 0.0419. The van der Waals surface area contributed by atoms with Crippen molar-refractivity contribution in [2.45, 2.75) is 19.8 Å². The first-order valence-corrected chi connectivity index (χ1v) is 5.96. The van der Waals surface area contributed by atoms with Crippen LogP contribution in [0.15, 0.2) is 22.7 Å². The second-order valence-electron chi connectivity index (χ2n) is 3.50. The first kappa shape index (κ1) is 13.3. The molecular weight excluding hydrogens is 275 g/mol. The van der Waals surface area contributed by atoms with Crippen molar-refractivity contribution in [3.8, 4) is 0 Å². The lowest BCUT2D eigenvalue weighted by Gasteiger charge is -2.04. The molecule has 0 aromatic heterocycles. The summed E-state index contributed by atoms with van der Waals surface area (Å²) in [5.41, 5.74) is 0.657. The highest BCUT2D eigenvalue weighted by atomic mass is 79.9. The standard InChI is InChI=1S/C12H14BrFO2/c1-2-5-16-8-11(15)7-9-6-10(14)3-4-12(9)13/h3-4,6H,2,5,7-8H2,1H3. The average Bonchev–Trinajstić information content (AvgIpc) is 2.24. The smallest absolute Gasteiger partial charge is 0.162 e. The zero-order valence-electron chi connectivity index (χ0n) is 9.13. The summed E-state index contributed by atoms with van der Waals surface area (Å²) in [6, 6.07) is 4.32. The highest BCUT2D eigenvalue weighted by molar-refractivity contribution is 9.10. The molecule has 0 amide bonds. The van der Waals surface area contributed by atoms with Crippen LogP contribution < -0.4 is 0 Å². The van der Waals surface area contributed by atoms with E-state index in [4.69, 9.17) is 4.74 Å². The second-order valence-corrected chi connectivity index (χ2v) is 4.36. The van der Waals surface area contributed by atoms with Gasteiger partial charge in [0.05, 0.1) is 0 Å². The van der Waals surface area contributed by atoms with Crippen LogP contribution in [0.1, 0.15) is 18.9 Å². The van der Waals surface area contributed by atoms with Crippen LogP contribution >= 0.6 is 15.9 Å². The normalized spacial score (nSPS) is 10.4. The van der Waals surface area contributed by atoms with E-state index >= 15 is 0 Å². The molecule has 0 saturated heterocycles.